The molecular weight excluding hydrogens is 352 g/mol. The number of carbonyl (C=O) groups is 1. The number of hydrazine groups is 1. The van der Waals surface area contributed by atoms with Crippen molar-refractivity contribution in [2.45, 2.75) is 36.7 Å². The van der Waals surface area contributed by atoms with Crippen LogP contribution in [0.5, 0.6) is 0 Å². The molecule has 0 bridgehead atoms. The first-order valence-electron chi connectivity index (χ1n) is 7.76. The van der Waals surface area contributed by atoms with Crippen molar-refractivity contribution in [1.82, 2.24) is 20.0 Å². The average Bonchev–Trinajstić information content (AvgIpc) is 3.16. The fraction of sp³-hybridized carbons (Fsp3) is 0.615. The second-order valence-electron chi connectivity index (χ2n) is 5.89. The Hall–Kier alpha value is -2.13. The van der Waals surface area contributed by atoms with E-state index in [-0.39, 0.29) is 11.5 Å². The molecule has 3 unspecified atom stereocenters. The number of nitrogens with two attached hydrogens (primary N) is 1. The summed E-state index contributed by atoms with van der Waals surface area (Å²) in [5.74, 6) is -1.02. The van der Waals surface area contributed by atoms with Crippen molar-refractivity contribution in [2.24, 2.45) is 10.7 Å². The SMILES string of the molecule is NC1c2ncn([C@H]3O[C@@H](CO)C(O)C3O)c2N=CN1N[C@H](CO)C(=O)O. The van der Waals surface area contributed by atoms with Crippen LogP contribution in [0.25, 0.3) is 0 Å². The maximum absolute atomic E-state index is 11.0. The van der Waals surface area contributed by atoms with E-state index in [4.69, 9.17) is 20.7 Å². The molecule has 26 heavy (non-hydrogen) atoms. The first kappa shape index (κ1) is 18.7. The molecule has 13 nitrogen and oxygen atoms in total. The van der Waals surface area contributed by atoms with Gasteiger partial charge in [0.05, 0.1) is 19.5 Å². The zero-order valence-corrected chi connectivity index (χ0v) is 13.5. The third kappa shape index (κ3) is 3.05. The number of aromatic nitrogens is 2. The van der Waals surface area contributed by atoms with Crippen LogP contribution in [0, 0.1) is 0 Å². The van der Waals surface area contributed by atoms with Crippen LogP contribution in [-0.2, 0) is 9.53 Å². The minimum absolute atomic E-state index is 0.251. The zero-order valence-electron chi connectivity index (χ0n) is 13.5. The maximum Gasteiger partial charge on any atom is 0.324 e. The Kier molecular flexibility index (Phi) is 5.19. The van der Waals surface area contributed by atoms with Crippen molar-refractivity contribution in [2.75, 3.05) is 13.2 Å². The molecule has 1 aromatic rings. The Balaban J connectivity index is 1.82. The lowest BCUT2D eigenvalue weighted by Gasteiger charge is -2.31. The number of nitrogens with one attached hydrogen (secondary N) is 1. The van der Waals surface area contributed by atoms with E-state index >= 15 is 0 Å². The van der Waals surface area contributed by atoms with E-state index in [1.165, 1.54) is 22.2 Å². The summed E-state index contributed by atoms with van der Waals surface area (Å²) in [7, 11) is 0. The molecule has 8 N–H and O–H groups in total. The van der Waals surface area contributed by atoms with Crippen LogP contribution in [0.15, 0.2) is 11.3 Å². The molecular formula is C13H20N6O7. The molecule has 2 aliphatic rings. The molecule has 144 valence electrons. The van der Waals surface area contributed by atoms with Gasteiger partial charge in [-0.15, -0.1) is 0 Å². The summed E-state index contributed by atoms with van der Waals surface area (Å²) in [5, 5.41) is 48.5. The van der Waals surface area contributed by atoms with Gasteiger partial charge in [0.15, 0.2) is 12.0 Å². The van der Waals surface area contributed by atoms with Crippen LogP contribution in [0.1, 0.15) is 18.1 Å². The van der Waals surface area contributed by atoms with Crippen LogP contribution >= 0.6 is 0 Å². The monoisotopic (exact) mass is 372 g/mol. The number of carboxylic acid groups (broad SMARTS) is 1. The predicted molar refractivity (Wildman–Crippen MR) is 83.8 cm³/mol. The summed E-state index contributed by atoms with van der Waals surface area (Å²) in [6.07, 6.45) is -2.94. The van der Waals surface area contributed by atoms with Gasteiger partial charge < -0.3 is 36.0 Å². The fourth-order valence-corrected chi connectivity index (χ4v) is 2.79. The van der Waals surface area contributed by atoms with E-state index in [1.807, 2.05) is 0 Å². The van der Waals surface area contributed by atoms with Crippen molar-refractivity contribution in [3.05, 3.63) is 12.0 Å². The molecule has 0 aromatic carbocycles. The molecule has 0 aliphatic carbocycles. The lowest BCUT2D eigenvalue weighted by molar-refractivity contribution is -0.142. The van der Waals surface area contributed by atoms with Crippen molar-refractivity contribution in [3.63, 3.8) is 0 Å². The summed E-state index contributed by atoms with van der Waals surface area (Å²) >= 11 is 0. The molecule has 3 rings (SSSR count). The molecule has 0 radical (unpaired) electrons. The van der Waals surface area contributed by atoms with E-state index < -0.39 is 55.9 Å². The molecule has 13 heteroatoms. The van der Waals surface area contributed by atoms with E-state index in [9.17, 15) is 20.1 Å². The molecule has 0 amide bonds. The van der Waals surface area contributed by atoms with Gasteiger partial charge in [0.1, 0.15) is 42.6 Å². The lowest BCUT2D eigenvalue weighted by atomic mass is 10.1. The van der Waals surface area contributed by atoms with Crippen molar-refractivity contribution in [1.29, 1.82) is 0 Å². The quantitative estimate of drug-likeness (QED) is 0.260. The fourth-order valence-electron chi connectivity index (χ4n) is 2.79. The van der Waals surface area contributed by atoms with Gasteiger partial charge in [0.25, 0.3) is 0 Å². The van der Waals surface area contributed by atoms with E-state index in [0.717, 1.165) is 0 Å². The molecule has 1 fully saturated rings. The van der Waals surface area contributed by atoms with E-state index in [1.54, 1.807) is 0 Å². The van der Waals surface area contributed by atoms with Gasteiger partial charge in [-0.1, -0.05) is 0 Å². The minimum Gasteiger partial charge on any atom is -0.480 e. The first-order valence-corrected chi connectivity index (χ1v) is 7.76. The molecule has 1 saturated heterocycles. The summed E-state index contributed by atoms with van der Waals surface area (Å²) < 4.78 is 6.81. The normalized spacial score (nSPS) is 31.9. The van der Waals surface area contributed by atoms with Gasteiger partial charge in [-0.2, -0.15) is 0 Å². The van der Waals surface area contributed by atoms with Gasteiger partial charge >= 0.3 is 5.97 Å². The number of imidazole rings is 1. The van der Waals surface area contributed by atoms with Crippen molar-refractivity contribution >= 4 is 18.1 Å². The Morgan fingerprint density at radius 3 is 2.69 bits per heavy atom. The summed E-state index contributed by atoms with van der Waals surface area (Å²) in [4.78, 5) is 19.3. The maximum atomic E-state index is 11.0. The highest BCUT2D eigenvalue weighted by Gasteiger charge is 2.45. The minimum atomic E-state index is -1.31. The topological polar surface area (TPSA) is 199 Å². The van der Waals surface area contributed by atoms with Gasteiger partial charge in [-0.05, 0) is 0 Å². The number of fused-ring (bicyclic) bond motifs is 1. The van der Waals surface area contributed by atoms with Gasteiger partial charge in [0, 0.05) is 0 Å². The average molecular weight is 372 g/mol. The number of ether oxygens (including phenoxy) is 1. The summed E-state index contributed by atoms with van der Waals surface area (Å²) in [5.41, 5.74) is 8.83. The number of hydrogen-bond donors (Lipinski definition) is 7. The zero-order chi connectivity index (χ0) is 19.0. The van der Waals surface area contributed by atoms with Crippen molar-refractivity contribution < 1.29 is 35.1 Å². The first-order chi connectivity index (χ1) is 12.4. The standard InChI is InChI=1S/C13H20N6O7/c14-10-7-11(16-4-19(10)17-5(1-20)13(24)25)18(3-15-7)12-9(23)8(22)6(2-21)26-12/h3-6,8-10,12,17,20-23H,1-2,14H2,(H,24,25)/t5-,6+,8?,9?,10?,12+/m1/s1. The van der Waals surface area contributed by atoms with Crippen molar-refractivity contribution in [3.8, 4) is 0 Å². The second kappa shape index (κ2) is 7.24. The van der Waals surface area contributed by atoms with Gasteiger partial charge in [-0.25, -0.2) is 15.4 Å². The van der Waals surface area contributed by atoms with Gasteiger partial charge in [0.2, 0.25) is 0 Å². The van der Waals surface area contributed by atoms with E-state index in [2.05, 4.69) is 15.4 Å². The number of nitrogens with zero attached hydrogens (tertiary/aromatic N) is 4. The Morgan fingerprint density at radius 1 is 1.38 bits per heavy atom. The second-order valence-corrected chi connectivity index (χ2v) is 5.89. The largest absolute Gasteiger partial charge is 0.480 e. The number of carboxylic acids is 1. The smallest absolute Gasteiger partial charge is 0.324 e. The molecule has 6 atom stereocenters. The number of aliphatic imine (C=N–C) groups is 1. The Labute approximate surface area is 146 Å². The Bertz CT molecular complexity index is 697. The third-order valence-corrected chi connectivity index (χ3v) is 4.26. The highest BCUT2D eigenvalue weighted by molar-refractivity contribution is 5.74. The summed E-state index contributed by atoms with van der Waals surface area (Å²) in [6, 6.07) is -1.28. The molecule has 0 spiro atoms. The van der Waals surface area contributed by atoms with Crippen LogP contribution in [0.4, 0.5) is 5.82 Å². The summed E-state index contributed by atoms with van der Waals surface area (Å²) in [6.45, 7) is -1.12. The number of rotatable bonds is 6. The third-order valence-electron chi connectivity index (χ3n) is 4.26. The predicted octanol–water partition coefficient (Wildman–Crippen LogP) is -3.62. The molecule has 2 aliphatic heterocycles. The van der Waals surface area contributed by atoms with Gasteiger partial charge in [-0.3, -0.25) is 14.4 Å². The lowest BCUT2D eigenvalue weighted by Crippen LogP contribution is -2.53. The van der Waals surface area contributed by atoms with Crippen LogP contribution in [0.2, 0.25) is 0 Å². The van der Waals surface area contributed by atoms with E-state index in [0.29, 0.717) is 0 Å². The molecule has 0 saturated carbocycles. The highest BCUT2D eigenvalue weighted by atomic mass is 16.6. The molecule has 3 heterocycles. The number of aliphatic hydroxyl groups excluding tert-OH is 4. The Morgan fingerprint density at radius 2 is 2.12 bits per heavy atom. The number of hydrogen-bond acceptors (Lipinski definition) is 11. The molecule has 1 aromatic heterocycles. The number of aliphatic hydroxyl groups is 4. The van der Waals surface area contributed by atoms with Crippen LogP contribution in [-0.4, -0.2) is 90.0 Å². The number of aliphatic carboxylic acids is 1. The van der Waals surface area contributed by atoms with Crippen LogP contribution in [0.3, 0.4) is 0 Å². The van der Waals surface area contributed by atoms with Crippen LogP contribution < -0.4 is 11.2 Å². The highest BCUT2D eigenvalue weighted by Crippen LogP contribution is 2.36.